The molecule has 69 heavy (non-hydrogen) atoms. The number of ether oxygens (including phenoxy) is 2. The molecular formula is C49H55N5O15. The maximum atomic E-state index is 14.6. The van der Waals surface area contributed by atoms with Gasteiger partial charge in [0.25, 0.3) is 5.69 Å². The van der Waals surface area contributed by atoms with Crippen molar-refractivity contribution in [1.29, 1.82) is 0 Å². The smallest absolute Gasteiger partial charge is 0.408 e. The maximum Gasteiger partial charge on any atom is 0.408 e. The standard InChI is InChI=1S/C49H55N5O15/c1-49(2,3)69-48(65)53-40(28-35(47(63)64)25-32-17-11-6-12-18-32)44(58)52-39(27-34(46(61)62)24-31-15-9-5-10-16-31)43(57)51-38(26-33(45(59)60)23-30-13-7-4-8-14-30)42(56)50-29-41(55)68-37-21-19-36(20-22-37)54(66)67/h4-22,33-35,38-40H,23-29H2,1-3H3,(H,50,56)(H,51,57)(H,52,58)(H,53,65)(H,59,60)(H,61,62)(H,63,64)/t33-,34-,35-,38+,39+,40-/m1/s1. The number of carbonyl (C=O) groups is 8. The van der Waals surface area contributed by atoms with Gasteiger partial charge in [0.15, 0.2) is 0 Å². The van der Waals surface area contributed by atoms with Gasteiger partial charge in [-0.1, -0.05) is 91.0 Å². The molecule has 0 unspecified atom stereocenters. The number of non-ortho nitro benzene ring substituents is 1. The quantitative estimate of drug-likeness (QED) is 0.0209. The molecule has 0 heterocycles. The molecule has 0 saturated heterocycles. The number of nitro benzene ring substituents is 1. The van der Waals surface area contributed by atoms with Crippen LogP contribution in [0, 0.1) is 27.9 Å². The van der Waals surface area contributed by atoms with Crippen LogP contribution >= 0.6 is 0 Å². The highest BCUT2D eigenvalue weighted by Crippen LogP contribution is 2.21. The molecule has 0 radical (unpaired) electrons. The van der Waals surface area contributed by atoms with Crippen LogP contribution in [0.5, 0.6) is 5.75 Å². The average Bonchev–Trinajstić information content (AvgIpc) is 3.29. The van der Waals surface area contributed by atoms with Crippen LogP contribution in [-0.4, -0.2) is 98.2 Å². The Bertz CT molecular complexity index is 2410. The number of nitro groups is 1. The Balaban J connectivity index is 1.70. The van der Waals surface area contributed by atoms with E-state index in [0.29, 0.717) is 16.7 Å². The molecule has 7 N–H and O–H groups in total. The zero-order chi connectivity index (χ0) is 50.7. The minimum atomic E-state index is -1.83. The van der Waals surface area contributed by atoms with E-state index in [1.165, 1.54) is 0 Å². The van der Waals surface area contributed by atoms with Gasteiger partial charge < -0.3 is 46.1 Å². The van der Waals surface area contributed by atoms with Crippen LogP contribution in [0.1, 0.15) is 56.7 Å². The largest absolute Gasteiger partial charge is 0.481 e. The summed E-state index contributed by atoms with van der Waals surface area (Å²) in [7, 11) is 0. The molecule has 0 fully saturated rings. The average molecular weight is 954 g/mol. The Labute approximate surface area is 396 Å². The Kier molecular flexibility index (Phi) is 19.9. The fraction of sp³-hybridized carbons (Fsp3) is 0.347. The summed E-state index contributed by atoms with van der Waals surface area (Å²) in [6.07, 6.45) is -3.21. The molecule has 366 valence electrons. The molecule has 4 rings (SSSR count). The van der Waals surface area contributed by atoms with Crippen LogP contribution < -0.4 is 26.0 Å². The van der Waals surface area contributed by atoms with Crippen LogP contribution in [-0.2, 0) is 57.6 Å². The van der Waals surface area contributed by atoms with Crippen molar-refractivity contribution in [2.24, 2.45) is 17.8 Å². The number of alkyl carbamates (subject to hydrolysis) is 1. The molecule has 0 spiro atoms. The lowest BCUT2D eigenvalue weighted by Gasteiger charge is -2.29. The third-order valence-electron chi connectivity index (χ3n) is 10.5. The summed E-state index contributed by atoms with van der Waals surface area (Å²) in [5.74, 6) is -12.6. The van der Waals surface area contributed by atoms with Gasteiger partial charge in [-0.25, -0.2) is 9.59 Å². The molecular weight excluding hydrogens is 899 g/mol. The fourth-order valence-corrected chi connectivity index (χ4v) is 7.14. The first-order valence-electron chi connectivity index (χ1n) is 21.8. The minimum Gasteiger partial charge on any atom is -0.481 e. The molecule has 0 aliphatic carbocycles. The van der Waals surface area contributed by atoms with Crippen molar-refractivity contribution in [2.45, 2.75) is 83.0 Å². The summed E-state index contributed by atoms with van der Waals surface area (Å²) in [4.78, 5) is 117. The van der Waals surface area contributed by atoms with Gasteiger partial charge in [-0.3, -0.25) is 38.9 Å². The highest BCUT2D eigenvalue weighted by atomic mass is 16.6. The number of hydrogen-bond acceptors (Lipinski definition) is 12. The third-order valence-corrected chi connectivity index (χ3v) is 10.5. The van der Waals surface area contributed by atoms with Crippen molar-refractivity contribution in [2.75, 3.05) is 6.54 Å². The summed E-state index contributed by atoms with van der Waals surface area (Å²) in [5.41, 5.74) is 0.360. The van der Waals surface area contributed by atoms with Gasteiger partial charge in [0.2, 0.25) is 17.7 Å². The number of hydrogen-bond donors (Lipinski definition) is 7. The van der Waals surface area contributed by atoms with Crippen LogP contribution in [0.25, 0.3) is 0 Å². The van der Waals surface area contributed by atoms with Crippen molar-refractivity contribution < 1.29 is 68.1 Å². The predicted molar refractivity (Wildman–Crippen MR) is 246 cm³/mol. The molecule has 20 heteroatoms. The lowest BCUT2D eigenvalue weighted by Crippen LogP contribution is -2.58. The summed E-state index contributed by atoms with van der Waals surface area (Å²) in [6.45, 7) is 3.83. The van der Waals surface area contributed by atoms with Crippen LogP contribution in [0.15, 0.2) is 115 Å². The molecule has 0 aliphatic heterocycles. The van der Waals surface area contributed by atoms with Crippen molar-refractivity contribution in [3.63, 3.8) is 0 Å². The molecule has 0 saturated carbocycles. The summed E-state index contributed by atoms with van der Waals surface area (Å²) in [5, 5.41) is 51.7. The Hall–Kier alpha value is -8.16. The van der Waals surface area contributed by atoms with Crippen LogP contribution in [0.2, 0.25) is 0 Å². The highest BCUT2D eigenvalue weighted by molar-refractivity contribution is 5.95. The molecule has 6 atom stereocenters. The van der Waals surface area contributed by atoms with Crippen LogP contribution in [0.3, 0.4) is 0 Å². The van der Waals surface area contributed by atoms with E-state index in [1.54, 1.807) is 112 Å². The molecule has 4 aromatic carbocycles. The number of benzene rings is 4. The molecule has 0 bridgehead atoms. The molecule has 0 aromatic heterocycles. The monoisotopic (exact) mass is 953 g/mol. The number of carboxylic acid groups (broad SMARTS) is 3. The molecule has 0 aliphatic rings. The second kappa shape index (κ2) is 25.7. The van der Waals surface area contributed by atoms with E-state index in [2.05, 4.69) is 21.3 Å². The normalized spacial score (nSPS) is 13.7. The van der Waals surface area contributed by atoms with E-state index in [1.807, 2.05) is 0 Å². The van der Waals surface area contributed by atoms with Crippen molar-refractivity contribution >= 4 is 53.4 Å². The molecule has 4 amide bonds. The van der Waals surface area contributed by atoms with E-state index in [9.17, 15) is 63.8 Å². The van der Waals surface area contributed by atoms with Gasteiger partial charge in [-0.2, -0.15) is 0 Å². The van der Waals surface area contributed by atoms with Gasteiger partial charge in [-0.15, -0.1) is 0 Å². The van der Waals surface area contributed by atoms with Crippen LogP contribution in [0.4, 0.5) is 10.5 Å². The topological polar surface area (TPSA) is 307 Å². The second-order valence-electron chi connectivity index (χ2n) is 17.1. The van der Waals surface area contributed by atoms with Crippen molar-refractivity contribution in [3.05, 3.63) is 142 Å². The number of nitrogens with zero attached hydrogens (tertiary/aromatic N) is 1. The number of amides is 4. The summed E-state index contributed by atoms with van der Waals surface area (Å²) in [6, 6.07) is 24.3. The maximum absolute atomic E-state index is 14.6. The predicted octanol–water partition coefficient (Wildman–Crippen LogP) is 4.48. The lowest BCUT2D eigenvalue weighted by atomic mass is 9.90. The zero-order valence-corrected chi connectivity index (χ0v) is 38.1. The number of aliphatic carboxylic acids is 3. The fourth-order valence-electron chi connectivity index (χ4n) is 7.14. The Morgan fingerprint density at radius 3 is 1.26 bits per heavy atom. The Morgan fingerprint density at radius 2 is 0.913 bits per heavy atom. The zero-order valence-electron chi connectivity index (χ0n) is 38.1. The van der Waals surface area contributed by atoms with Gasteiger partial charge in [0.1, 0.15) is 36.0 Å². The number of rotatable bonds is 25. The molecule has 20 nitrogen and oxygen atoms in total. The van der Waals surface area contributed by atoms with E-state index >= 15 is 0 Å². The summed E-state index contributed by atoms with van der Waals surface area (Å²) < 4.78 is 10.5. The lowest BCUT2D eigenvalue weighted by molar-refractivity contribution is -0.384. The van der Waals surface area contributed by atoms with E-state index in [4.69, 9.17) is 9.47 Å². The van der Waals surface area contributed by atoms with Gasteiger partial charge in [0, 0.05) is 12.1 Å². The first-order chi connectivity index (χ1) is 32.7. The Morgan fingerprint density at radius 1 is 0.551 bits per heavy atom. The first-order valence-corrected chi connectivity index (χ1v) is 21.8. The number of nitrogens with one attached hydrogen (secondary N) is 4. The SMILES string of the molecule is CC(C)(C)OC(=O)N[C@H](C[C@@H](Cc1ccccc1)C(=O)O)C(=O)N[C@@H](C[C@@H](Cc1ccccc1)C(=O)O)C(=O)N[C@@H](C[C@@H](Cc1ccccc1)C(=O)O)C(=O)NCC(=O)Oc1ccc([N+](=O)[O-])cc1. The van der Waals surface area contributed by atoms with E-state index in [-0.39, 0.29) is 30.7 Å². The molecule has 4 aromatic rings. The first kappa shape index (κ1) is 53.5. The van der Waals surface area contributed by atoms with Crippen molar-refractivity contribution in [3.8, 4) is 5.75 Å². The van der Waals surface area contributed by atoms with Crippen molar-refractivity contribution in [1.82, 2.24) is 21.3 Å². The van der Waals surface area contributed by atoms with Gasteiger partial charge >= 0.3 is 30.0 Å². The number of carboxylic acids is 3. The van der Waals surface area contributed by atoms with E-state index in [0.717, 1.165) is 24.3 Å². The van der Waals surface area contributed by atoms with Gasteiger partial charge in [-0.05, 0) is 88.1 Å². The second-order valence-corrected chi connectivity index (χ2v) is 17.1. The highest BCUT2D eigenvalue weighted by Gasteiger charge is 2.37. The summed E-state index contributed by atoms with van der Waals surface area (Å²) >= 11 is 0. The van der Waals surface area contributed by atoms with E-state index < -0.39 is 120 Å². The number of esters is 1. The minimum absolute atomic E-state index is 0.0794. The third kappa shape index (κ3) is 18.6. The van der Waals surface area contributed by atoms with Gasteiger partial charge in [0.05, 0.1) is 22.7 Å². The number of carbonyl (C=O) groups excluding carboxylic acids is 5.